The Balaban J connectivity index is 2.31. The first-order valence-corrected chi connectivity index (χ1v) is 5.92. The fourth-order valence-electron chi connectivity index (χ4n) is 1.42. The smallest absolute Gasteiger partial charge is 0.238 e. The fourth-order valence-corrected chi connectivity index (χ4v) is 1.78. The Hall–Kier alpha value is -1.82. The average Bonchev–Trinajstić information content (AvgIpc) is 2.36. The van der Waals surface area contributed by atoms with Gasteiger partial charge in [0.1, 0.15) is 11.6 Å². The second-order valence-electron chi connectivity index (χ2n) is 3.54. The van der Waals surface area contributed by atoms with Gasteiger partial charge in [0.05, 0.1) is 18.5 Å². The Kier molecular flexibility index (Phi) is 3.66. The summed E-state index contributed by atoms with van der Waals surface area (Å²) in [5, 5.41) is 2.86. The molecule has 94 valence electrons. The molecule has 1 aromatic heterocycles. The molecule has 0 atom stereocenters. The summed E-state index contributed by atoms with van der Waals surface area (Å²) in [6.07, 6.45) is 0. The minimum absolute atomic E-state index is 0.301. The van der Waals surface area contributed by atoms with Gasteiger partial charge in [0.25, 0.3) is 0 Å². The molecule has 0 aliphatic rings. The van der Waals surface area contributed by atoms with Crippen LogP contribution in [-0.2, 0) is 0 Å². The molecular weight excluding hydrogens is 301 g/mol. The summed E-state index contributed by atoms with van der Waals surface area (Å²) >= 11 is 3.28. The van der Waals surface area contributed by atoms with E-state index < -0.39 is 0 Å². The summed E-state index contributed by atoms with van der Waals surface area (Å²) in [6.45, 7) is 0. The lowest BCUT2D eigenvalue weighted by Gasteiger charge is -2.09. The zero-order chi connectivity index (χ0) is 13.1. The third kappa shape index (κ3) is 2.70. The lowest BCUT2D eigenvalue weighted by Crippen LogP contribution is -2.00. The number of nitrogens with two attached hydrogens (primary N) is 1. The molecule has 0 aliphatic carbocycles. The molecule has 0 radical (unpaired) electrons. The molecular formula is C12H11BrFN3O. The quantitative estimate of drug-likeness (QED) is 0.913. The first kappa shape index (κ1) is 12.6. The van der Waals surface area contributed by atoms with E-state index in [1.807, 2.05) is 0 Å². The number of pyridine rings is 1. The van der Waals surface area contributed by atoms with Gasteiger partial charge in [0.2, 0.25) is 5.88 Å². The van der Waals surface area contributed by atoms with Gasteiger partial charge < -0.3 is 15.8 Å². The Bertz CT molecular complexity index is 577. The molecule has 6 heteroatoms. The van der Waals surface area contributed by atoms with Crippen molar-refractivity contribution in [1.82, 2.24) is 4.98 Å². The van der Waals surface area contributed by atoms with Gasteiger partial charge in [0.15, 0.2) is 0 Å². The monoisotopic (exact) mass is 311 g/mol. The standard InChI is InChI=1S/C12H11BrFN3O/c1-18-12-9(15)4-5-11(17-12)16-10-6-7(13)2-3-8(10)14/h2-6H,15H2,1H3,(H,16,17). The van der Waals surface area contributed by atoms with E-state index in [2.05, 4.69) is 26.2 Å². The van der Waals surface area contributed by atoms with Crippen LogP contribution in [0.15, 0.2) is 34.8 Å². The van der Waals surface area contributed by atoms with Crippen LogP contribution in [0.1, 0.15) is 0 Å². The molecule has 0 spiro atoms. The highest BCUT2D eigenvalue weighted by Crippen LogP contribution is 2.26. The van der Waals surface area contributed by atoms with Gasteiger partial charge in [0, 0.05) is 4.47 Å². The van der Waals surface area contributed by atoms with Gasteiger partial charge in [-0.3, -0.25) is 0 Å². The molecule has 2 aromatic rings. The second kappa shape index (κ2) is 5.22. The first-order chi connectivity index (χ1) is 8.60. The maximum absolute atomic E-state index is 13.5. The van der Waals surface area contributed by atoms with Crippen LogP contribution in [0.3, 0.4) is 0 Å². The number of rotatable bonds is 3. The summed E-state index contributed by atoms with van der Waals surface area (Å²) in [5.74, 6) is 0.393. The third-order valence-corrected chi connectivity index (χ3v) is 2.77. The molecule has 0 fully saturated rings. The summed E-state index contributed by atoms with van der Waals surface area (Å²) in [4.78, 5) is 4.12. The van der Waals surface area contributed by atoms with Crippen LogP contribution in [0.4, 0.5) is 21.6 Å². The minimum atomic E-state index is -0.365. The number of hydrogen-bond acceptors (Lipinski definition) is 4. The highest BCUT2D eigenvalue weighted by Gasteiger charge is 2.06. The number of benzene rings is 1. The summed E-state index contributed by atoms with van der Waals surface area (Å²) < 4.78 is 19.3. The lowest BCUT2D eigenvalue weighted by molar-refractivity contribution is 0.401. The number of nitrogens with zero attached hydrogens (tertiary/aromatic N) is 1. The van der Waals surface area contributed by atoms with Gasteiger partial charge in [-0.15, -0.1) is 0 Å². The lowest BCUT2D eigenvalue weighted by atomic mass is 10.3. The Labute approximate surface area is 112 Å². The zero-order valence-electron chi connectivity index (χ0n) is 9.58. The van der Waals surface area contributed by atoms with Crippen molar-refractivity contribution < 1.29 is 9.13 Å². The fraction of sp³-hybridized carbons (Fsp3) is 0.0833. The predicted octanol–water partition coefficient (Wildman–Crippen LogP) is 3.32. The number of methoxy groups -OCH3 is 1. The van der Waals surface area contributed by atoms with Gasteiger partial charge in [-0.1, -0.05) is 15.9 Å². The van der Waals surface area contributed by atoms with Crippen LogP contribution < -0.4 is 15.8 Å². The largest absolute Gasteiger partial charge is 0.479 e. The molecule has 0 bridgehead atoms. The van der Waals surface area contributed by atoms with E-state index in [1.165, 1.54) is 13.2 Å². The van der Waals surface area contributed by atoms with E-state index in [0.717, 1.165) is 4.47 Å². The molecule has 4 nitrogen and oxygen atoms in total. The maximum atomic E-state index is 13.5. The van der Waals surface area contributed by atoms with Crippen LogP contribution in [-0.4, -0.2) is 12.1 Å². The SMILES string of the molecule is COc1nc(Nc2cc(Br)ccc2F)ccc1N. The molecule has 0 saturated heterocycles. The molecule has 1 heterocycles. The highest BCUT2D eigenvalue weighted by atomic mass is 79.9. The van der Waals surface area contributed by atoms with Crippen molar-refractivity contribution in [2.45, 2.75) is 0 Å². The summed E-state index contributed by atoms with van der Waals surface area (Å²) in [5.41, 5.74) is 6.40. The number of nitrogens with one attached hydrogen (secondary N) is 1. The van der Waals surface area contributed by atoms with E-state index >= 15 is 0 Å². The van der Waals surface area contributed by atoms with Crippen molar-refractivity contribution in [2.24, 2.45) is 0 Å². The predicted molar refractivity (Wildman–Crippen MR) is 72.6 cm³/mol. The van der Waals surface area contributed by atoms with Crippen LogP contribution in [0.2, 0.25) is 0 Å². The summed E-state index contributed by atoms with van der Waals surface area (Å²) in [6, 6.07) is 7.90. The van der Waals surface area contributed by atoms with Crippen molar-refractivity contribution in [3.63, 3.8) is 0 Å². The van der Waals surface area contributed by atoms with Crippen LogP contribution in [0, 0.1) is 5.82 Å². The first-order valence-electron chi connectivity index (χ1n) is 5.12. The molecule has 2 rings (SSSR count). The van der Waals surface area contributed by atoms with Crippen molar-refractivity contribution in [2.75, 3.05) is 18.2 Å². The van der Waals surface area contributed by atoms with Crippen LogP contribution in [0.5, 0.6) is 5.88 Å². The molecule has 0 amide bonds. The Morgan fingerprint density at radius 1 is 1.33 bits per heavy atom. The van der Waals surface area contributed by atoms with Crippen molar-refractivity contribution in [3.8, 4) is 5.88 Å². The van der Waals surface area contributed by atoms with Crippen molar-refractivity contribution in [1.29, 1.82) is 0 Å². The molecule has 1 aromatic carbocycles. The van der Waals surface area contributed by atoms with Crippen LogP contribution >= 0.6 is 15.9 Å². The van der Waals surface area contributed by atoms with Crippen molar-refractivity contribution in [3.05, 3.63) is 40.6 Å². The number of anilines is 3. The molecule has 0 unspecified atom stereocenters. The molecule has 0 aliphatic heterocycles. The van der Waals surface area contributed by atoms with Crippen molar-refractivity contribution >= 4 is 33.1 Å². The topological polar surface area (TPSA) is 60.2 Å². The molecule has 3 N–H and O–H groups in total. The van der Waals surface area contributed by atoms with Gasteiger partial charge in [-0.25, -0.2) is 4.39 Å². The van der Waals surface area contributed by atoms with Gasteiger partial charge >= 0.3 is 0 Å². The number of halogens is 2. The number of ether oxygens (including phenoxy) is 1. The molecule has 18 heavy (non-hydrogen) atoms. The minimum Gasteiger partial charge on any atom is -0.479 e. The van der Waals surface area contributed by atoms with E-state index in [-0.39, 0.29) is 5.82 Å². The number of aromatic nitrogens is 1. The van der Waals surface area contributed by atoms with Gasteiger partial charge in [-0.2, -0.15) is 4.98 Å². The number of hydrogen-bond donors (Lipinski definition) is 2. The molecule has 0 saturated carbocycles. The van der Waals surface area contributed by atoms with E-state index in [0.29, 0.717) is 23.1 Å². The maximum Gasteiger partial charge on any atom is 0.238 e. The summed E-state index contributed by atoms with van der Waals surface area (Å²) in [7, 11) is 1.47. The van der Waals surface area contributed by atoms with E-state index in [4.69, 9.17) is 10.5 Å². The number of nitrogen functional groups attached to an aromatic ring is 1. The highest BCUT2D eigenvalue weighted by molar-refractivity contribution is 9.10. The van der Waals surface area contributed by atoms with E-state index in [1.54, 1.807) is 24.3 Å². The second-order valence-corrected chi connectivity index (χ2v) is 4.46. The average molecular weight is 312 g/mol. The zero-order valence-corrected chi connectivity index (χ0v) is 11.2. The third-order valence-electron chi connectivity index (χ3n) is 2.27. The van der Waals surface area contributed by atoms with Gasteiger partial charge in [-0.05, 0) is 30.3 Å². The Morgan fingerprint density at radius 3 is 2.83 bits per heavy atom. The Morgan fingerprint density at radius 2 is 2.11 bits per heavy atom. The normalized spacial score (nSPS) is 10.2. The van der Waals surface area contributed by atoms with E-state index in [9.17, 15) is 4.39 Å². The van der Waals surface area contributed by atoms with Crippen LogP contribution in [0.25, 0.3) is 0 Å².